The molecule has 2 N–H and O–H groups in total. The zero-order valence-corrected chi connectivity index (χ0v) is 15.9. The first-order valence-corrected chi connectivity index (χ1v) is 10.2. The van der Waals surface area contributed by atoms with Crippen LogP contribution in [0.4, 0.5) is 4.79 Å². The molecule has 7 nitrogen and oxygen atoms in total. The molecule has 4 amide bonds. The summed E-state index contributed by atoms with van der Waals surface area (Å²) in [6.45, 7) is 5.74. The fourth-order valence-corrected chi connectivity index (χ4v) is 4.51. The molecule has 2 heterocycles. The molecule has 0 aromatic carbocycles. The van der Waals surface area contributed by atoms with Crippen LogP contribution in [-0.2, 0) is 9.59 Å². The summed E-state index contributed by atoms with van der Waals surface area (Å²) in [4.78, 5) is 40.6. The third-order valence-electron chi connectivity index (χ3n) is 5.98. The van der Waals surface area contributed by atoms with Gasteiger partial charge in [0.05, 0.1) is 0 Å². The first-order chi connectivity index (χ1) is 12.5. The highest BCUT2D eigenvalue weighted by atomic mass is 16.2. The van der Waals surface area contributed by atoms with E-state index < -0.39 is 5.54 Å². The molecular formula is C19H32N4O3. The molecule has 146 valence electrons. The number of hydrogen-bond acceptors (Lipinski definition) is 4. The van der Waals surface area contributed by atoms with Crippen molar-refractivity contribution in [1.29, 1.82) is 0 Å². The second-order valence-electron chi connectivity index (χ2n) is 7.96. The predicted molar refractivity (Wildman–Crippen MR) is 98.6 cm³/mol. The van der Waals surface area contributed by atoms with Gasteiger partial charge in [-0.25, -0.2) is 4.79 Å². The minimum atomic E-state index is -0.647. The lowest BCUT2D eigenvalue weighted by atomic mass is 9.98. The highest BCUT2D eigenvalue weighted by Crippen LogP contribution is 2.35. The highest BCUT2D eigenvalue weighted by molar-refractivity contribution is 6.07. The van der Waals surface area contributed by atoms with Crippen LogP contribution in [-0.4, -0.2) is 65.4 Å². The van der Waals surface area contributed by atoms with E-state index in [-0.39, 0.29) is 23.9 Å². The van der Waals surface area contributed by atoms with Crippen LogP contribution in [0.5, 0.6) is 0 Å². The molecule has 0 bridgehead atoms. The first-order valence-electron chi connectivity index (χ1n) is 10.2. The molecule has 26 heavy (non-hydrogen) atoms. The van der Waals surface area contributed by atoms with E-state index in [0.29, 0.717) is 19.4 Å². The van der Waals surface area contributed by atoms with Crippen LogP contribution < -0.4 is 10.6 Å². The average Bonchev–Trinajstić information content (AvgIpc) is 3.17. The Bertz CT molecular complexity index is 537. The van der Waals surface area contributed by atoms with Gasteiger partial charge < -0.3 is 15.5 Å². The van der Waals surface area contributed by atoms with Gasteiger partial charge in [0.2, 0.25) is 5.91 Å². The normalized spacial score (nSPS) is 23.7. The monoisotopic (exact) mass is 364 g/mol. The fourth-order valence-electron chi connectivity index (χ4n) is 4.51. The minimum Gasteiger partial charge on any atom is -0.353 e. The SMILES string of the molecule is CCCN1CCC(NC(=O)CCCN2C(=O)NC3(CCCC3)C2=O)CC1. The molecular weight excluding hydrogens is 332 g/mol. The lowest BCUT2D eigenvalue weighted by Gasteiger charge is -2.32. The molecule has 1 aliphatic carbocycles. The molecule has 7 heteroatoms. The molecule has 0 aromatic rings. The number of rotatable bonds is 7. The predicted octanol–water partition coefficient (Wildman–Crippen LogP) is 1.62. The third-order valence-corrected chi connectivity index (χ3v) is 5.98. The van der Waals surface area contributed by atoms with E-state index in [0.717, 1.165) is 58.2 Å². The van der Waals surface area contributed by atoms with Crippen LogP contribution in [0.25, 0.3) is 0 Å². The highest BCUT2D eigenvalue weighted by Gasteiger charge is 2.52. The maximum Gasteiger partial charge on any atom is 0.325 e. The van der Waals surface area contributed by atoms with E-state index in [1.54, 1.807) is 0 Å². The summed E-state index contributed by atoms with van der Waals surface area (Å²) in [5, 5.41) is 5.99. The molecule has 0 radical (unpaired) electrons. The van der Waals surface area contributed by atoms with Crippen molar-refractivity contribution < 1.29 is 14.4 Å². The number of amides is 4. The Kier molecular flexibility index (Phi) is 6.16. The van der Waals surface area contributed by atoms with Crippen molar-refractivity contribution in [1.82, 2.24) is 20.4 Å². The molecule has 3 aliphatic rings. The Hall–Kier alpha value is -1.63. The van der Waals surface area contributed by atoms with E-state index in [1.807, 2.05) is 0 Å². The van der Waals surface area contributed by atoms with Crippen LogP contribution in [0.3, 0.4) is 0 Å². The second kappa shape index (κ2) is 8.37. The van der Waals surface area contributed by atoms with Gasteiger partial charge in [-0.15, -0.1) is 0 Å². The Labute approximate surface area is 155 Å². The van der Waals surface area contributed by atoms with Crippen molar-refractivity contribution in [2.75, 3.05) is 26.2 Å². The lowest BCUT2D eigenvalue weighted by Crippen LogP contribution is -2.45. The van der Waals surface area contributed by atoms with E-state index in [9.17, 15) is 14.4 Å². The Morgan fingerprint density at radius 3 is 2.54 bits per heavy atom. The number of hydrogen-bond donors (Lipinski definition) is 2. The maximum atomic E-state index is 12.6. The zero-order chi connectivity index (χ0) is 18.6. The number of carbonyl (C=O) groups is 3. The average molecular weight is 364 g/mol. The third kappa shape index (κ3) is 4.19. The summed E-state index contributed by atoms with van der Waals surface area (Å²) in [5.41, 5.74) is -0.647. The van der Waals surface area contributed by atoms with Crippen LogP contribution in [0.2, 0.25) is 0 Å². The Balaban J connectivity index is 1.36. The van der Waals surface area contributed by atoms with E-state index in [1.165, 1.54) is 11.3 Å². The largest absolute Gasteiger partial charge is 0.353 e. The smallest absolute Gasteiger partial charge is 0.325 e. The van der Waals surface area contributed by atoms with Crippen molar-refractivity contribution in [3.8, 4) is 0 Å². The number of imide groups is 1. The number of nitrogens with one attached hydrogen (secondary N) is 2. The van der Waals surface area contributed by atoms with Gasteiger partial charge in [0.1, 0.15) is 5.54 Å². The molecule has 2 aliphatic heterocycles. The maximum absolute atomic E-state index is 12.6. The van der Waals surface area contributed by atoms with E-state index in [4.69, 9.17) is 0 Å². The van der Waals surface area contributed by atoms with Crippen LogP contribution in [0.1, 0.15) is 64.7 Å². The molecule has 0 unspecified atom stereocenters. The summed E-state index contributed by atoms with van der Waals surface area (Å²) in [7, 11) is 0. The quantitative estimate of drug-likeness (QED) is 0.673. The number of nitrogens with zero attached hydrogens (tertiary/aromatic N) is 2. The molecule has 1 spiro atoms. The fraction of sp³-hybridized carbons (Fsp3) is 0.842. The summed E-state index contributed by atoms with van der Waals surface area (Å²) < 4.78 is 0. The molecule has 3 rings (SSSR count). The number of likely N-dealkylation sites (tertiary alicyclic amines) is 1. The van der Waals surface area contributed by atoms with E-state index >= 15 is 0 Å². The standard InChI is InChI=1S/C19H32N4O3/c1-2-11-22-13-7-15(8-14-22)20-16(24)6-5-12-23-17(25)19(21-18(23)26)9-3-4-10-19/h15H,2-14H2,1H3,(H,20,24)(H,21,26). The van der Waals surface area contributed by atoms with Gasteiger partial charge >= 0.3 is 6.03 Å². The van der Waals surface area contributed by atoms with Crippen molar-refractivity contribution in [2.45, 2.75) is 76.3 Å². The van der Waals surface area contributed by atoms with Gasteiger partial charge in [0, 0.05) is 32.1 Å². The van der Waals surface area contributed by atoms with Gasteiger partial charge in [-0.05, 0) is 45.1 Å². The van der Waals surface area contributed by atoms with Crippen LogP contribution >= 0.6 is 0 Å². The summed E-state index contributed by atoms with van der Waals surface area (Å²) in [6, 6.07) is -0.0327. The van der Waals surface area contributed by atoms with Crippen molar-refractivity contribution in [3.63, 3.8) is 0 Å². The van der Waals surface area contributed by atoms with Crippen molar-refractivity contribution in [3.05, 3.63) is 0 Å². The Morgan fingerprint density at radius 1 is 1.19 bits per heavy atom. The lowest BCUT2D eigenvalue weighted by molar-refractivity contribution is -0.131. The molecule has 2 saturated heterocycles. The number of carbonyl (C=O) groups excluding carboxylic acids is 3. The summed E-state index contributed by atoms with van der Waals surface area (Å²) in [6.07, 6.45) is 7.51. The van der Waals surface area contributed by atoms with Gasteiger partial charge in [-0.1, -0.05) is 19.8 Å². The van der Waals surface area contributed by atoms with E-state index in [2.05, 4.69) is 22.5 Å². The van der Waals surface area contributed by atoms with Gasteiger partial charge in [0.15, 0.2) is 0 Å². The second-order valence-corrected chi connectivity index (χ2v) is 7.96. The topological polar surface area (TPSA) is 81.8 Å². The summed E-state index contributed by atoms with van der Waals surface area (Å²) in [5.74, 6) is -0.0646. The van der Waals surface area contributed by atoms with Gasteiger partial charge in [-0.2, -0.15) is 0 Å². The molecule has 3 fully saturated rings. The van der Waals surface area contributed by atoms with Crippen molar-refractivity contribution >= 4 is 17.8 Å². The van der Waals surface area contributed by atoms with Crippen LogP contribution in [0, 0.1) is 0 Å². The molecule has 0 atom stereocenters. The van der Waals surface area contributed by atoms with Crippen molar-refractivity contribution in [2.24, 2.45) is 0 Å². The number of urea groups is 1. The first kappa shape index (κ1) is 19.1. The van der Waals surface area contributed by atoms with Gasteiger partial charge in [0.25, 0.3) is 5.91 Å². The molecule has 1 saturated carbocycles. The summed E-state index contributed by atoms with van der Waals surface area (Å²) >= 11 is 0. The van der Waals surface area contributed by atoms with Crippen LogP contribution in [0.15, 0.2) is 0 Å². The van der Waals surface area contributed by atoms with Gasteiger partial charge in [-0.3, -0.25) is 14.5 Å². The minimum absolute atomic E-state index is 0.0292. The molecule has 0 aromatic heterocycles. The Morgan fingerprint density at radius 2 is 1.88 bits per heavy atom. The zero-order valence-electron chi connectivity index (χ0n) is 15.9. The number of piperidine rings is 1.